The maximum Gasteiger partial charge on any atom is 0.407 e. The van der Waals surface area contributed by atoms with E-state index in [9.17, 15) is 9.59 Å². The van der Waals surface area contributed by atoms with E-state index in [0.29, 0.717) is 12.6 Å². The lowest BCUT2D eigenvalue weighted by Gasteiger charge is -2.29. The summed E-state index contributed by atoms with van der Waals surface area (Å²) in [6.45, 7) is 5.47. The number of rotatable bonds is 7. The van der Waals surface area contributed by atoms with E-state index in [0.717, 1.165) is 81.8 Å². The molecule has 2 amide bonds. The zero-order chi connectivity index (χ0) is 31.1. The first-order chi connectivity index (χ1) is 21.9. The average Bonchev–Trinajstić information content (AvgIpc) is 3.88. The monoisotopic (exact) mass is 606 g/mol. The number of aromatic amines is 2. The highest BCUT2D eigenvalue weighted by atomic mass is 16.5. The Morgan fingerprint density at radius 3 is 2.62 bits per heavy atom. The molecule has 2 saturated heterocycles. The summed E-state index contributed by atoms with van der Waals surface area (Å²) in [6.07, 6.45) is 7.17. The number of methoxy groups -OCH3 is 1. The van der Waals surface area contributed by atoms with Crippen molar-refractivity contribution >= 4 is 33.8 Å². The summed E-state index contributed by atoms with van der Waals surface area (Å²) in [5.74, 6) is 1.53. The molecule has 0 bridgehead atoms. The molecule has 2 aliphatic heterocycles. The lowest BCUT2D eigenvalue weighted by molar-refractivity contribution is -0.135. The van der Waals surface area contributed by atoms with Gasteiger partial charge in [0.1, 0.15) is 17.7 Å². The number of pyridine rings is 1. The van der Waals surface area contributed by atoms with Crippen LogP contribution in [0.5, 0.6) is 0 Å². The number of H-pyrrole nitrogens is 2. The van der Waals surface area contributed by atoms with Crippen LogP contribution < -0.4 is 10.6 Å². The summed E-state index contributed by atoms with van der Waals surface area (Å²) in [5, 5.41) is 8.36. The smallest absolute Gasteiger partial charge is 0.407 e. The summed E-state index contributed by atoms with van der Waals surface area (Å²) in [4.78, 5) is 48.5. The van der Waals surface area contributed by atoms with E-state index in [-0.39, 0.29) is 17.9 Å². The molecule has 0 saturated carbocycles. The van der Waals surface area contributed by atoms with Crippen LogP contribution in [0, 0.1) is 5.92 Å². The summed E-state index contributed by atoms with van der Waals surface area (Å²) in [7, 11) is 1.30. The van der Waals surface area contributed by atoms with Crippen molar-refractivity contribution in [1.29, 1.82) is 0 Å². The van der Waals surface area contributed by atoms with Gasteiger partial charge in [0.05, 0.1) is 47.8 Å². The van der Waals surface area contributed by atoms with Crippen LogP contribution in [0.1, 0.15) is 63.3 Å². The number of likely N-dealkylation sites (tertiary alicyclic amines) is 1. The Morgan fingerprint density at radius 2 is 1.82 bits per heavy atom. The SMILES string of the molecule is COC(=O)N[C@H](C(=O)N1CCC[C@H]1c1nc2ccc(-c3cc4ccc(-c5cnc([C@@H]6CCCN6)[nH]5)cc4cn3)cc2[nH]1)C(C)C. The van der Waals surface area contributed by atoms with Crippen molar-refractivity contribution in [2.45, 2.75) is 57.7 Å². The molecule has 2 aliphatic rings. The number of nitrogens with zero attached hydrogens (tertiary/aromatic N) is 4. The van der Waals surface area contributed by atoms with Gasteiger partial charge >= 0.3 is 6.09 Å². The minimum atomic E-state index is -0.671. The molecule has 232 valence electrons. The molecular weight excluding hydrogens is 568 g/mol. The predicted octanol–water partition coefficient (Wildman–Crippen LogP) is 5.64. The fourth-order valence-corrected chi connectivity index (χ4v) is 6.58. The normalized spacial score (nSPS) is 19.1. The molecule has 5 heterocycles. The number of aromatic nitrogens is 5. The molecule has 0 aliphatic carbocycles. The molecule has 4 N–H and O–H groups in total. The number of hydrogen-bond acceptors (Lipinski definition) is 7. The molecule has 5 aromatic rings. The summed E-state index contributed by atoms with van der Waals surface area (Å²) in [5.41, 5.74) is 5.66. The van der Waals surface area contributed by atoms with Gasteiger partial charge in [-0.3, -0.25) is 9.78 Å². The molecule has 3 aromatic heterocycles. The van der Waals surface area contributed by atoms with Crippen molar-refractivity contribution in [1.82, 2.24) is 40.5 Å². The molecule has 0 spiro atoms. The van der Waals surface area contributed by atoms with Crippen LogP contribution in [-0.4, -0.2) is 68.1 Å². The molecule has 0 radical (unpaired) electrons. The van der Waals surface area contributed by atoms with Gasteiger partial charge in [0.15, 0.2) is 0 Å². The van der Waals surface area contributed by atoms with E-state index >= 15 is 0 Å². The van der Waals surface area contributed by atoms with Crippen molar-refractivity contribution in [2.24, 2.45) is 5.92 Å². The van der Waals surface area contributed by atoms with Crippen LogP contribution >= 0.6 is 0 Å². The number of imidazole rings is 2. The first-order valence-corrected chi connectivity index (χ1v) is 15.7. The number of nitrogens with one attached hydrogen (secondary N) is 4. The van der Waals surface area contributed by atoms with Gasteiger partial charge in [0.25, 0.3) is 0 Å². The maximum atomic E-state index is 13.5. The number of benzene rings is 2. The predicted molar refractivity (Wildman–Crippen MR) is 172 cm³/mol. The Balaban J connectivity index is 1.11. The number of carbonyl (C=O) groups is 2. The summed E-state index contributed by atoms with van der Waals surface area (Å²) >= 11 is 0. The lowest BCUT2D eigenvalue weighted by Crippen LogP contribution is -2.51. The van der Waals surface area contributed by atoms with Crippen LogP contribution in [0.3, 0.4) is 0 Å². The minimum Gasteiger partial charge on any atom is -0.453 e. The first kappa shape index (κ1) is 29.0. The largest absolute Gasteiger partial charge is 0.453 e. The second-order valence-electron chi connectivity index (χ2n) is 12.4. The molecule has 0 unspecified atom stereocenters. The standard InChI is InChI=1S/C34H38N8O3/c1-19(2)30(41-34(44)45-3)33(43)42-13-5-7-29(42)32-38-24-11-10-22(16-27(24)39-32)26-15-20-8-9-21(14-23(20)17-36-26)28-18-37-31(40-28)25-6-4-12-35-25/h8-11,14-19,25,29-30,35H,4-7,12-13H2,1-3H3,(H,37,40)(H,38,39)(H,41,44)/t25-,29-,30-/m0/s1. The van der Waals surface area contributed by atoms with Gasteiger partial charge in [-0.15, -0.1) is 0 Å². The Labute approximate surface area is 261 Å². The first-order valence-electron chi connectivity index (χ1n) is 15.7. The molecule has 11 nitrogen and oxygen atoms in total. The number of alkyl carbamates (subject to hydrolysis) is 1. The van der Waals surface area contributed by atoms with Gasteiger partial charge in [-0.25, -0.2) is 14.8 Å². The van der Waals surface area contributed by atoms with Gasteiger partial charge in [-0.05, 0) is 67.8 Å². The van der Waals surface area contributed by atoms with Crippen LogP contribution in [0.25, 0.3) is 44.3 Å². The Kier molecular flexibility index (Phi) is 7.70. The van der Waals surface area contributed by atoms with E-state index in [4.69, 9.17) is 14.7 Å². The van der Waals surface area contributed by atoms with E-state index in [1.807, 2.05) is 43.3 Å². The number of hydrogen-bond donors (Lipinski definition) is 4. The molecule has 11 heteroatoms. The number of ether oxygens (including phenoxy) is 1. The molecule has 2 fully saturated rings. The molecular formula is C34H38N8O3. The van der Waals surface area contributed by atoms with Crippen LogP contribution in [0.4, 0.5) is 4.79 Å². The molecule has 2 aromatic carbocycles. The fourth-order valence-electron chi connectivity index (χ4n) is 6.58. The average molecular weight is 607 g/mol. The Bertz CT molecular complexity index is 1870. The second kappa shape index (κ2) is 12.0. The van der Waals surface area contributed by atoms with E-state index in [1.54, 1.807) is 0 Å². The number of fused-ring (bicyclic) bond motifs is 2. The van der Waals surface area contributed by atoms with Gasteiger partial charge in [0.2, 0.25) is 5.91 Å². The Hall–Kier alpha value is -4.77. The zero-order valence-electron chi connectivity index (χ0n) is 25.8. The Morgan fingerprint density at radius 1 is 0.956 bits per heavy atom. The lowest BCUT2D eigenvalue weighted by atomic mass is 10.0. The van der Waals surface area contributed by atoms with Crippen molar-refractivity contribution < 1.29 is 14.3 Å². The minimum absolute atomic E-state index is 0.0883. The molecule has 7 rings (SSSR count). The molecule has 3 atom stereocenters. The third kappa shape index (κ3) is 5.64. The van der Waals surface area contributed by atoms with Crippen molar-refractivity contribution in [3.63, 3.8) is 0 Å². The summed E-state index contributed by atoms with van der Waals surface area (Å²) in [6, 6.07) is 14.0. The summed E-state index contributed by atoms with van der Waals surface area (Å²) < 4.78 is 4.76. The highest BCUT2D eigenvalue weighted by molar-refractivity contribution is 5.90. The third-order valence-corrected chi connectivity index (χ3v) is 9.06. The van der Waals surface area contributed by atoms with Gasteiger partial charge in [-0.1, -0.05) is 32.0 Å². The van der Waals surface area contributed by atoms with Gasteiger partial charge in [-0.2, -0.15) is 0 Å². The third-order valence-electron chi connectivity index (χ3n) is 9.06. The van der Waals surface area contributed by atoms with Crippen LogP contribution in [0.2, 0.25) is 0 Å². The quantitative estimate of drug-likeness (QED) is 0.188. The highest BCUT2D eigenvalue weighted by Gasteiger charge is 2.37. The fraction of sp³-hybridized carbons (Fsp3) is 0.382. The van der Waals surface area contributed by atoms with Crippen molar-refractivity contribution in [2.75, 3.05) is 20.2 Å². The highest BCUT2D eigenvalue weighted by Crippen LogP contribution is 2.34. The zero-order valence-corrected chi connectivity index (χ0v) is 25.8. The topological polar surface area (TPSA) is 141 Å². The van der Waals surface area contributed by atoms with Crippen molar-refractivity contribution in [3.8, 4) is 22.5 Å². The van der Waals surface area contributed by atoms with E-state index in [1.165, 1.54) is 13.5 Å². The number of amides is 2. The van der Waals surface area contributed by atoms with Gasteiger partial charge < -0.3 is 30.2 Å². The van der Waals surface area contributed by atoms with Crippen LogP contribution in [-0.2, 0) is 9.53 Å². The van der Waals surface area contributed by atoms with Crippen molar-refractivity contribution in [3.05, 3.63) is 66.5 Å². The van der Waals surface area contributed by atoms with Gasteiger partial charge in [0, 0.05) is 29.3 Å². The van der Waals surface area contributed by atoms with E-state index in [2.05, 4.69) is 55.9 Å². The van der Waals surface area contributed by atoms with E-state index < -0.39 is 12.1 Å². The molecule has 45 heavy (non-hydrogen) atoms. The van der Waals surface area contributed by atoms with Crippen LogP contribution in [0.15, 0.2) is 54.9 Å². The maximum absolute atomic E-state index is 13.5. The second-order valence-corrected chi connectivity index (χ2v) is 12.4. The number of carbonyl (C=O) groups excluding carboxylic acids is 2.